The van der Waals surface area contributed by atoms with Crippen LogP contribution < -0.4 is 5.32 Å². The van der Waals surface area contributed by atoms with Crippen molar-refractivity contribution < 1.29 is 22.2 Å². The van der Waals surface area contributed by atoms with Gasteiger partial charge in [-0.25, -0.2) is 0 Å². The van der Waals surface area contributed by atoms with E-state index in [9.17, 15) is 13.2 Å². The number of amides is 1. The Morgan fingerprint density at radius 1 is 1.50 bits per heavy atom. The molecule has 0 spiro atoms. The van der Waals surface area contributed by atoms with Gasteiger partial charge in [0.15, 0.2) is 0 Å². The Hall–Kier alpha value is -1.60. The van der Waals surface area contributed by atoms with Gasteiger partial charge in [0.25, 0.3) is 0 Å². The van der Waals surface area contributed by atoms with Gasteiger partial charge in [0, 0.05) is 12.6 Å². The first kappa shape index (κ1) is 14.5. The summed E-state index contributed by atoms with van der Waals surface area (Å²) in [6.07, 6.45) is 2.55. The molecule has 6 nitrogen and oxygen atoms in total. The predicted molar refractivity (Wildman–Crippen MR) is 65.4 cm³/mol. The minimum Gasteiger partial charge on any atom is -0.443 e. The van der Waals surface area contributed by atoms with Crippen molar-refractivity contribution >= 4 is 22.1 Å². The third-order valence-corrected chi connectivity index (χ3v) is 2.67. The first-order chi connectivity index (χ1) is 8.29. The number of carbonyl (C=O) groups excluding carboxylic acids is 1. The quantitative estimate of drug-likeness (QED) is 0.623. The lowest BCUT2D eigenvalue weighted by Crippen LogP contribution is -2.25. The van der Waals surface area contributed by atoms with Gasteiger partial charge in [0.05, 0.1) is 0 Å². The Kier molecular flexibility index (Phi) is 4.69. The fourth-order valence-electron chi connectivity index (χ4n) is 1.08. The average Bonchev–Trinajstić information content (AvgIpc) is 2.71. The lowest BCUT2D eigenvalue weighted by atomic mass is 10.2. The molecule has 1 aromatic heterocycles. The number of carbonyl (C=O) groups is 1. The molecule has 100 valence electrons. The smallest absolute Gasteiger partial charge is 0.328 e. The molecule has 18 heavy (non-hydrogen) atoms. The maximum Gasteiger partial charge on any atom is 0.328 e. The molecule has 0 aliphatic carbocycles. The number of rotatable bonds is 5. The summed E-state index contributed by atoms with van der Waals surface area (Å²) in [5.41, 5.74) is 0. The zero-order chi connectivity index (χ0) is 13.8. The van der Waals surface area contributed by atoms with Gasteiger partial charge in [-0.3, -0.25) is 9.35 Å². The topological polar surface area (TPSA) is 96.6 Å². The Bertz CT molecular complexity index is 542. The van der Waals surface area contributed by atoms with Crippen molar-refractivity contribution in [2.24, 2.45) is 5.92 Å². The van der Waals surface area contributed by atoms with E-state index in [1.54, 1.807) is 0 Å². The van der Waals surface area contributed by atoms with Gasteiger partial charge < -0.3 is 9.73 Å². The minimum atomic E-state index is -4.34. The van der Waals surface area contributed by atoms with Crippen LogP contribution >= 0.6 is 0 Å². The molecule has 2 N–H and O–H groups in total. The second kappa shape index (κ2) is 5.83. The lowest BCUT2D eigenvalue weighted by Gasteiger charge is -2.03. The summed E-state index contributed by atoms with van der Waals surface area (Å²) in [6, 6.07) is 2.45. The largest absolute Gasteiger partial charge is 0.443 e. The van der Waals surface area contributed by atoms with E-state index in [0.29, 0.717) is 12.5 Å². The van der Waals surface area contributed by atoms with Crippen LogP contribution in [0.25, 0.3) is 6.08 Å². The van der Waals surface area contributed by atoms with E-state index in [2.05, 4.69) is 5.32 Å². The van der Waals surface area contributed by atoms with Crippen molar-refractivity contribution in [2.45, 2.75) is 18.9 Å². The van der Waals surface area contributed by atoms with E-state index >= 15 is 0 Å². The summed E-state index contributed by atoms with van der Waals surface area (Å²) in [5, 5.41) is 2.10. The van der Waals surface area contributed by atoms with E-state index in [1.807, 2.05) is 13.8 Å². The van der Waals surface area contributed by atoms with Crippen molar-refractivity contribution in [1.29, 1.82) is 0 Å². The van der Waals surface area contributed by atoms with Gasteiger partial charge in [-0.1, -0.05) is 13.8 Å². The van der Waals surface area contributed by atoms with Crippen molar-refractivity contribution in [1.82, 2.24) is 5.32 Å². The highest BCUT2D eigenvalue weighted by atomic mass is 32.2. The van der Waals surface area contributed by atoms with Crippen LogP contribution in [0.4, 0.5) is 0 Å². The van der Waals surface area contributed by atoms with Crippen LogP contribution in [0.2, 0.25) is 0 Å². The molecule has 0 aliphatic heterocycles. The van der Waals surface area contributed by atoms with Crippen LogP contribution in [-0.2, 0) is 14.9 Å². The second-order valence-electron chi connectivity index (χ2n) is 4.10. The monoisotopic (exact) mass is 273 g/mol. The van der Waals surface area contributed by atoms with Crippen LogP contribution in [-0.4, -0.2) is 25.4 Å². The van der Waals surface area contributed by atoms with Gasteiger partial charge in [0.1, 0.15) is 5.76 Å². The zero-order valence-electron chi connectivity index (χ0n) is 10.1. The molecule has 0 atom stereocenters. The van der Waals surface area contributed by atoms with Gasteiger partial charge >= 0.3 is 10.1 Å². The molecule has 0 saturated carbocycles. The molecular weight excluding hydrogens is 258 g/mol. The Morgan fingerprint density at radius 2 is 2.17 bits per heavy atom. The van der Waals surface area contributed by atoms with E-state index in [1.165, 1.54) is 18.2 Å². The number of hydrogen-bond acceptors (Lipinski definition) is 4. The third kappa shape index (κ3) is 4.72. The van der Waals surface area contributed by atoms with Gasteiger partial charge in [-0.05, 0) is 24.1 Å². The van der Waals surface area contributed by atoms with Crippen LogP contribution in [0.15, 0.2) is 27.7 Å². The molecule has 0 aromatic carbocycles. The second-order valence-corrected chi connectivity index (χ2v) is 5.46. The van der Waals surface area contributed by atoms with Crippen molar-refractivity contribution in [2.75, 3.05) is 6.54 Å². The molecule has 1 heterocycles. The van der Waals surface area contributed by atoms with Crippen molar-refractivity contribution in [3.8, 4) is 0 Å². The van der Waals surface area contributed by atoms with Crippen LogP contribution in [0, 0.1) is 5.92 Å². The SMILES string of the molecule is CC(C)CNC(=O)/C=C/c1ccc(S(=O)(=O)O)o1. The van der Waals surface area contributed by atoms with E-state index in [4.69, 9.17) is 8.97 Å². The highest BCUT2D eigenvalue weighted by molar-refractivity contribution is 7.85. The Balaban J connectivity index is 2.62. The molecule has 0 saturated heterocycles. The summed E-state index contributed by atoms with van der Waals surface area (Å²) in [6.45, 7) is 4.49. The summed E-state index contributed by atoms with van der Waals surface area (Å²) in [5.74, 6) is 0.216. The van der Waals surface area contributed by atoms with Crippen LogP contribution in [0.5, 0.6) is 0 Å². The molecule has 0 fully saturated rings. The highest BCUT2D eigenvalue weighted by Gasteiger charge is 2.13. The number of hydrogen-bond donors (Lipinski definition) is 2. The van der Waals surface area contributed by atoms with Gasteiger partial charge in [0.2, 0.25) is 11.0 Å². The predicted octanol–water partition coefficient (Wildman–Crippen LogP) is 1.31. The minimum absolute atomic E-state index is 0.169. The summed E-state index contributed by atoms with van der Waals surface area (Å²) in [4.78, 5) is 11.3. The number of nitrogens with one attached hydrogen (secondary N) is 1. The normalized spacial score (nSPS) is 12.2. The maximum atomic E-state index is 11.3. The first-order valence-electron chi connectivity index (χ1n) is 5.32. The van der Waals surface area contributed by atoms with Crippen molar-refractivity contribution in [3.63, 3.8) is 0 Å². The molecular formula is C11H15NO5S. The Morgan fingerprint density at radius 3 is 2.67 bits per heavy atom. The standard InChI is InChI=1S/C11H15NO5S/c1-8(2)7-12-10(13)5-3-9-4-6-11(17-9)18(14,15)16/h3-6,8H,7H2,1-2H3,(H,12,13)(H,14,15,16)/b5-3+. The molecule has 1 amide bonds. The fourth-order valence-corrected chi connectivity index (χ4v) is 1.53. The fraction of sp³-hybridized carbons (Fsp3) is 0.364. The summed E-state index contributed by atoms with van der Waals surface area (Å²) in [7, 11) is -4.34. The maximum absolute atomic E-state index is 11.3. The van der Waals surface area contributed by atoms with Crippen LogP contribution in [0.1, 0.15) is 19.6 Å². The van der Waals surface area contributed by atoms with E-state index < -0.39 is 15.2 Å². The molecule has 7 heteroatoms. The van der Waals surface area contributed by atoms with Crippen molar-refractivity contribution in [3.05, 3.63) is 24.0 Å². The zero-order valence-corrected chi connectivity index (χ0v) is 10.9. The Labute approximate surface area is 105 Å². The van der Waals surface area contributed by atoms with Crippen LogP contribution in [0.3, 0.4) is 0 Å². The summed E-state index contributed by atoms with van der Waals surface area (Å²) < 4.78 is 35.0. The van der Waals surface area contributed by atoms with Gasteiger partial charge in [-0.2, -0.15) is 8.42 Å². The van der Waals surface area contributed by atoms with Gasteiger partial charge in [-0.15, -0.1) is 0 Å². The average molecular weight is 273 g/mol. The third-order valence-electron chi connectivity index (χ3n) is 1.94. The lowest BCUT2D eigenvalue weighted by molar-refractivity contribution is -0.116. The molecule has 1 aromatic rings. The van der Waals surface area contributed by atoms with E-state index in [-0.39, 0.29) is 11.7 Å². The van der Waals surface area contributed by atoms with E-state index in [0.717, 1.165) is 6.07 Å². The number of furan rings is 1. The highest BCUT2D eigenvalue weighted by Crippen LogP contribution is 2.14. The molecule has 0 radical (unpaired) electrons. The first-order valence-corrected chi connectivity index (χ1v) is 6.76. The molecule has 0 aliphatic rings. The molecule has 0 unspecified atom stereocenters. The summed E-state index contributed by atoms with van der Waals surface area (Å²) >= 11 is 0. The molecule has 1 rings (SSSR count). The molecule has 0 bridgehead atoms.